The van der Waals surface area contributed by atoms with Crippen molar-refractivity contribution in [1.82, 2.24) is 10.2 Å². The first-order valence-electron chi connectivity index (χ1n) is 16.2. The van der Waals surface area contributed by atoms with E-state index in [1.807, 2.05) is 12.1 Å². The van der Waals surface area contributed by atoms with Crippen LogP contribution in [0, 0.1) is 31.1 Å². The molecule has 2 aromatic carbocycles. The zero-order valence-corrected chi connectivity index (χ0v) is 27.9. The maximum absolute atomic E-state index is 14.6. The number of aryl methyl sites for hydroxylation is 2. The minimum absolute atomic E-state index is 0.0118. The second kappa shape index (κ2) is 13.3. The summed E-state index contributed by atoms with van der Waals surface area (Å²) in [5, 5.41) is 11.8. The third kappa shape index (κ3) is 7.59. The number of benzene rings is 2. The number of amides is 2. The molecule has 1 fully saturated rings. The first kappa shape index (κ1) is 33.4. The number of nitrogens with zero attached hydrogens (tertiary/aromatic N) is 2. The largest absolute Gasteiger partial charge is 0.481 e. The molecule has 1 saturated carbocycles. The van der Waals surface area contributed by atoms with Gasteiger partial charge in [0, 0.05) is 17.2 Å². The number of carboxylic acid groups (broad SMARTS) is 1. The Bertz CT molecular complexity index is 1370. The van der Waals surface area contributed by atoms with Gasteiger partial charge in [0.15, 0.2) is 0 Å². The standard InChI is InChI=1S/C37H51N3O4/c1-23(2)9-14-31(27-10-12-28(13-11-27)34(43)38-26(5)22-32(41)42)40-35(44)33(29-20-24(3)19-25(4)21-29)39-37(40)17-15-30(16-18-37)36(6,7)8/h10-13,19-21,23,26,30-31H,9,14-18,22H2,1-8H3,(H,38,43)(H,41,42). The van der Waals surface area contributed by atoms with Gasteiger partial charge in [-0.2, -0.15) is 0 Å². The molecule has 238 valence electrons. The predicted octanol–water partition coefficient (Wildman–Crippen LogP) is 7.64. The van der Waals surface area contributed by atoms with E-state index in [2.05, 4.69) is 76.9 Å². The molecule has 0 saturated heterocycles. The van der Waals surface area contributed by atoms with E-state index in [1.54, 1.807) is 19.1 Å². The lowest BCUT2D eigenvalue weighted by atomic mass is 9.69. The van der Waals surface area contributed by atoms with Crippen molar-refractivity contribution in [3.8, 4) is 0 Å². The molecule has 1 heterocycles. The van der Waals surface area contributed by atoms with Gasteiger partial charge in [0.05, 0.1) is 12.5 Å². The van der Waals surface area contributed by atoms with Crippen LogP contribution < -0.4 is 5.32 Å². The lowest BCUT2D eigenvalue weighted by Crippen LogP contribution is -2.51. The van der Waals surface area contributed by atoms with Gasteiger partial charge in [-0.15, -0.1) is 0 Å². The van der Waals surface area contributed by atoms with Crippen LogP contribution in [0.5, 0.6) is 0 Å². The highest BCUT2D eigenvalue weighted by atomic mass is 16.4. The van der Waals surface area contributed by atoms with Gasteiger partial charge in [0.1, 0.15) is 11.4 Å². The van der Waals surface area contributed by atoms with E-state index in [4.69, 9.17) is 10.1 Å². The van der Waals surface area contributed by atoms with Gasteiger partial charge in [0.25, 0.3) is 11.8 Å². The lowest BCUT2D eigenvalue weighted by Gasteiger charge is -2.47. The van der Waals surface area contributed by atoms with Crippen molar-refractivity contribution < 1.29 is 19.5 Å². The number of aliphatic carboxylic acids is 1. The SMILES string of the molecule is Cc1cc(C)cc(C2=NC3(CCC(C(C)(C)C)CC3)N(C(CCC(C)C)c3ccc(C(=O)NC(C)CC(=O)O)cc3)C2=O)c1. The highest BCUT2D eigenvalue weighted by Crippen LogP contribution is 2.50. The third-order valence-electron chi connectivity index (χ3n) is 9.44. The maximum Gasteiger partial charge on any atom is 0.305 e. The van der Waals surface area contributed by atoms with E-state index in [0.29, 0.717) is 23.1 Å². The summed E-state index contributed by atoms with van der Waals surface area (Å²) in [4.78, 5) is 46.0. The summed E-state index contributed by atoms with van der Waals surface area (Å²) in [7, 11) is 0. The topological polar surface area (TPSA) is 99.1 Å². The van der Waals surface area contributed by atoms with Gasteiger partial charge < -0.3 is 15.3 Å². The van der Waals surface area contributed by atoms with Crippen LogP contribution in [0.15, 0.2) is 47.5 Å². The van der Waals surface area contributed by atoms with Crippen LogP contribution >= 0.6 is 0 Å². The number of hydrogen-bond donors (Lipinski definition) is 2. The van der Waals surface area contributed by atoms with Crippen LogP contribution in [0.3, 0.4) is 0 Å². The fourth-order valence-corrected chi connectivity index (χ4v) is 7.06. The zero-order valence-electron chi connectivity index (χ0n) is 27.9. The highest BCUT2D eigenvalue weighted by molar-refractivity contribution is 6.46. The van der Waals surface area contributed by atoms with E-state index in [0.717, 1.165) is 60.8 Å². The number of rotatable bonds is 10. The molecule has 0 aromatic heterocycles. The summed E-state index contributed by atoms with van der Waals surface area (Å²) in [5.74, 6) is -0.241. The van der Waals surface area contributed by atoms with E-state index >= 15 is 0 Å². The molecule has 7 nitrogen and oxygen atoms in total. The van der Waals surface area contributed by atoms with Gasteiger partial charge in [-0.1, -0.05) is 63.9 Å². The van der Waals surface area contributed by atoms with E-state index < -0.39 is 17.7 Å². The summed E-state index contributed by atoms with van der Waals surface area (Å²) >= 11 is 0. The number of carboxylic acids is 1. The Labute approximate surface area is 263 Å². The smallest absolute Gasteiger partial charge is 0.305 e. The molecule has 44 heavy (non-hydrogen) atoms. The Morgan fingerprint density at radius 3 is 2.11 bits per heavy atom. The van der Waals surface area contributed by atoms with Gasteiger partial charge in [-0.05, 0) is 106 Å². The third-order valence-corrected chi connectivity index (χ3v) is 9.44. The van der Waals surface area contributed by atoms with Crippen molar-refractivity contribution in [3.05, 3.63) is 70.3 Å². The first-order valence-corrected chi connectivity index (χ1v) is 16.2. The molecule has 4 rings (SSSR count). The average Bonchev–Trinajstić information content (AvgIpc) is 3.19. The summed E-state index contributed by atoms with van der Waals surface area (Å²) in [5.41, 5.74) is 4.73. The fraction of sp³-hybridized carbons (Fsp3) is 0.568. The average molecular weight is 602 g/mol. The normalized spacial score (nSPS) is 21.8. The Hall–Kier alpha value is -3.48. The number of aliphatic imine (C=N–C) groups is 1. The molecule has 2 aliphatic rings. The monoisotopic (exact) mass is 601 g/mol. The van der Waals surface area contributed by atoms with Crippen LogP contribution in [0.1, 0.15) is 125 Å². The molecule has 0 bridgehead atoms. The van der Waals surface area contributed by atoms with E-state index in [1.165, 1.54) is 0 Å². The molecule has 2 aromatic rings. The molecule has 2 amide bonds. The molecule has 1 aliphatic carbocycles. The van der Waals surface area contributed by atoms with Gasteiger partial charge >= 0.3 is 5.97 Å². The number of nitrogens with one attached hydrogen (secondary N) is 1. The Kier molecular flexibility index (Phi) is 10.1. The summed E-state index contributed by atoms with van der Waals surface area (Å²) in [6, 6.07) is 13.1. The predicted molar refractivity (Wildman–Crippen MR) is 176 cm³/mol. The van der Waals surface area contributed by atoms with Crippen LogP contribution in [0.2, 0.25) is 0 Å². The van der Waals surface area contributed by atoms with Crippen LogP contribution in [-0.2, 0) is 9.59 Å². The molecule has 1 aliphatic heterocycles. The second-order valence-electron chi connectivity index (χ2n) is 14.7. The van der Waals surface area contributed by atoms with Crippen LogP contribution in [0.25, 0.3) is 0 Å². The Morgan fingerprint density at radius 1 is 1.00 bits per heavy atom. The van der Waals surface area contributed by atoms with Crippen molar-refractivity contribution in [2.75, 3.05) is 0 Å². The molecular formula is C37H51N3O4. The second-order valence-corrected chi connectivity index (χ2v) is 14.7. The van der Waals surface area contributed by atoms with Crippen LogP contribution in [-0.4, -0.2) is 45.2 Å². The zero-order chi connectivity index (χ0) is 32.4. The Morgan fingerprint density at radius 2 is 1.59 bits per heavy atom. The van der Waals surface area contributed by atoms with Gasteiger partial charge in [-0.25, -0.2) is 0 Å². The summed E-state index contributed by atoms with van der Waals surface area (Å²) in [6.07, 6.45) is 5.29. The number of carbonyl (C=O) groups excluding carboxylic acids is 2. The van der Waals surface area contributed by atoms with Crippen LogP contribution in [0.4, 0.5) is 0 Å². The van der Waals surface area contributed by atoms with Crippen molar-refractivity contribution in [1.29, 1.82) is 0 Å². The van der Waals surface area contributed by atoms with Crippen molar-refractivity contribution in [3.63, 3.8) is 0 Å². The minimum atomic E-state index is -0.954. The van der Waals surface area contributed by atoms with Gasteiger partial charge in [-0.3, -0.25) is 19.4 Å². The molecule has 2 N–H and O–H groups in total. The highest BCUT2D eigenvalue weighted by Gasteiger charge is 2.52. The molecule has 2 atom stereocenters. The van der Waals surface area contributed by atoms with Crippen molar-refractivity contribution in [2.45, 2.75) is 118 Å². The van der Waals surface area contributed by atoms with Crippen molar-refractivity contribution >= 4 is 23.5 Å². The van der Waals surface area contributed by atoms with Crippen molar-refractivity contribution in [2.24, 2.45) is 22.2 Å². The quantitative estimate of drug-likeness (QED) is 0.292. The minimum Gasteiger partial charge on any atom is -0.481 e. The van der Waals surface area contributed by atoms with Gasteiger partial charge in [0.2, 0.25) is 0 Å². The first-order chi connectivity index (χ1) is 20.6. The molecule has 7 heteroatoms. The number of hydrogen-bond acceptors (Lipinski definition) is 4. The maximum atomic E-state index is 14.6. The van der Waals surface area contributed by atoms with E-state index in [9.17, 15) is 14.4 Å². The summed E-state index contributed by atoms with van der Waals surface area (Å²) < 4.78 is 0. The molecule has 1 spiro atoms. The molecule has 0 radical (unpaired) electrons. The Balaban J connectivity index is 1.73. The molecule has 2 unspecified atom stereocenters. The summed E-state index contributed by atoms with van der Waals surface area (Å²) in [6.45, 7) is 17.1. The fourth-order valence-electron chi connectivity index (χ4n) is 7.06. The molecular weight excluding hydrogens is 550 g/mol. The lowest BCUT2D eigenvalue weighted by molar-refractivity contribution is -0.137. The number of carbonyl (C=O) groups is 3. The van der Waals surface area contributed by atoms with E-state index in [-0.39, 0.29) is 29.7 Å².